The molecule has 0 saturated heterocycles. The van der Waals surface area contributed by atoms with Crippen LogP contribution >= 0.6 is 15.8 Å². The van der Waals surface area contributed by atoms with E-state index in [0.29, 0.717) is 0 Å². The molecule has 0 unspecified atom stereocenters. The molecule has 0 N–H and O–H groups in total. The first-order valence-electron chi connectivity index (χ1n) is 12.2. The van der Waals surface area contributed by atoms with Crippen molar-refractivity contribution in [3.63, 3.8) is 0 Å². The normalized spacial score (nSPS) is 14.6. The predicted octanol–water partition coefficient (Wildman–Crippen LogP) is 7.10. The molecular formula is C34H29P2Ru+. The second kappa shape index (κ2) is 14.7. The van der Waals surface area contributed by atoms with Crippen molar-refractivity contribution in [3.8, 4) is 0 Å². The number of hydrogen-bond acceptors (Lipinski definition) is 0. The number of benzene rings is 4. The zero-order valence-electron chi connectivity index (χ0n) is 20.5. The third-order valence-electron chi connectivity index (χ3n) is 6.10. The van der Waals surface area contributed by atoms with E-state index < -0.39 is 15.8 Å². The van der Waals surface area contributed by atoms with E-state index in [1.165, 1.54) is 39.0 Å². The van der Waals surface area contributed by atoms with Crippen LogP contribution in [0.25, 0.3) is 0 Å². The molecule has 6 radical (unpaired) electrons. The Morgan fingerprint density at radius 1 is 0.405 bits per heavy atom. The van der Waals surface area contributed by atoms with Crippen LogP contribution in [0.5, 0.6) is 0 Å². The molecule has 6 rings (SSSR count). The third-order valence-corrected chi connectivity index (χ3v) is 12.1. The maximum Gasteiger partial charge on any atom is 1.00 e. The summed E-state index contributed by atoms with van der Waals surface area (Å²) in [6.45, 7) is 0. The fourth-order valence-corrected chi connectivity index (χ4v) is 10.7. The standard InChI is InChI=1S/C25H22P2.C9H7.Ru/c1-5-13-22(14-6-1)26(23-15-7-2-8-16-23)21-27(24-17-9-3-10-18-24)25-19-11-4-12-20-25;1-2-5-9-7-3-6-8(9)4-1;/h1-20H,21H2;1-7H;/q;;+1. The molecule has 2 aliphatic rings. The van der Waals surface area contributed by atoms with E-state index in [2.05, 4.69) is 165 Å². The maximum atomic E-state index is 2.29. The molecule has 1 saturated carbocycles. The summed E-state index contributed by atoms with van der Waals surface area (Å²) in [5.41, 5.74) is 0. The smallest absolute Gasteiger partial charge is 0.0762 e. The first-order valence-corrected chi connectivity index (χ1v) is 15.3. The quantitative estimate of drug-likeness (QED) is 0.164. The molecule has 4 aromatic rings. The van der Waals surface area contributed by atoms with Gasteiger partial charge in [-0.25, -0.2) is 0 Å². The Morgan fingerprint density at radius 3 is 1.00 bits per heavy atom. The van der Waals surface area contributed by atoms with Crippen molar-refractivity contribution in [2.75, 3.05) is 5.90 Å². The Hall–Kier alpha value is -2.16. The fourth-order valence-electron chi connectivity index (χ4n) is 4.27. The van der Waals surface area contributed by atoms with Crippen molar-refractivity contribution < 1.29 is 19.5 Å². The first kappa shape index (κ1) is 27.9. The third kappa shape index (κ3) is 7.68. The van der Waals surface area contributed by atoms with Gasteiger partial charge in [0.25, 0.3) is 0 Å². The summed E-state index contributed by atoms with van der Waals surface area (Å²) in [4.78, 5) is 0. The zero-order chi connectivity index (χ0) is 24.4. The van der Waals surface area contributed by atoms with Crippen molar-refractivity contribution >= 4 is 37.1 Å². The van der Waals surface area contributed by atoms with Gasteiger partial charge >= 0.3 is 19.5 Å². The van der Waals surface area contributed by atoms with Gasteiger partial charge in [0, 0.05) is 17.7 Å². The van der Waals surface area contributed by atoms with Crippen molar-refractivity contribution in [1.29, 1.82) is 0 Å². The summed E-state index contributed by atoms with van der Waals surface area (Å²) >= 11 is 0. The molecule has 4 aromatic carbocycles. The predicted molar refractivity (Wildman–Crippen MR) is 161 cm³/mol. The van der Waals surface area contributed by atoms with Gasteiger partial charge in [-0.1, -0.05) is 146 Å². The Labute approximate surface area is 238 Å². The van der Waals surface area contributed by atoms with Crippen molar-refractivity contribution in [2.24, 2.45) is 0 Å². The summed E-state index contributed by atoms with van der Waals surface area (Å²) in [6, 6.07) is 44.1. The van der Waals surface area contributed by atoms with E-state index in [1.54, 1.807) is 0 Å². The van der Waals surface area contributed by atoms with E-state index in [0.717, 1.165) is 0 Å². The van der Waals surface area contributed by atoms with Crippen molar-refractivity contribution in [3.05, 3.63) is 177 Å². The Morgan fingerprint density at radius 2 is 0.703 bits per heavy atom. The van der Waals surface area contributed by atoms with Gasteiger partial charge in [0.1, 0.15) is 0 Å². The van der Waals surface area contributed by atoms with Crippen LogP contribution < -0.4 is 21.2 Å². The Balaban J connectivity index is 0.000000269. The van der Waals surface area contributed by atoms with E-state index in [-0.39, 0.29) is 19.5 Å². The molecule has 0 atom stereocenters. The molecule has 0 spiro atoms. The molecule has 0 aliphatic heterocycles. The van der Waals surface area contributed by atoms with E-state index in [1.807, 2.05) is 0 Å². The first-order chi connectivity index (χ1) is 17.9. The van der Waals surface area contributed by atoms with E-state index in [4.69, 9.17) is 0 Å². The molecule has 2 aliphatic carbocycles. The second-order valence-electron chi connectivity index (χ2n) is 8.49. The van der Waals surface area contributed by atoms with Gasteiger partial charge in [0.05, 0.1) is 0 Å². The number of allylic oxidation sites excluding steroid dienone is 4. The van der Waals surface area contributed by atoms with E-state index >= 15 is 0 Å². The van der Waals surface area contributed by atoms with Gasteiger partial charge in [0.15, 0.2) is 0 Å². The Kier molecular flexibility index (Phi) is 11.1. The number of rotatable bonds is 6. The van der Waals surface area contributed by atoms with Gasteiger partial charge in [-0.3, -0.25) is 0 Å². The van der Waals surface area contributed by atoms with Gasteiger partial charge in [0.2, 0.25) is 0 Å². The van der Waals surface area contributed by atoms with Crippen LogP contribution in [0, 0.1) is 31.1 Å². The molecule has 0 bridgehead atoms. The molecule has 1 fully saturated rings. The molecule has 37 heavy (non-hydrogen) atoms. The van der Waals surface area contributed by atoms with Crippen LogP contribution in [0.4, 0.5) is 0 Å². The average molecular weight is 601 g/mol. The minimum absolute atomic E-state index is 0. The maximum absolute atomic E-state index is 2.29. The van der Waals surface area contributed by atoms with Gasteiger partial charge < -0.3 is 0 Å². The summed E-state index contributed by atoms with van der Waals surface area (Å²) in [7, 11) is -0.817. The van der Waals surface area contributed by atoms with Gasteiger partial charge in [-0.15, -0.1) is 0 Å². The number of hydrogen-bond donors (Lipinski definition) is 0. The van der Waals surface area contributed by atoms with Crippen LogP contribution in [0.15, 0.2) is 146 Å². The molecule has 3 heteroatoms. The van der Waals surface area contributed by atoms with Gasteiger partial charge in [-0.2, -0.15) is 0 Å². The SMILES string of the molecule is [CH]1[CH][C]2C=CC=C[C]2[CH]1.[Ru+].c1ccc(P(CP(c2ccccc2)c2ccccc2)c2ccccc2)cc1. The molecule has 0 aromatic heterocycles. The molecule has 182 valence electrons. The topological polar surface area (TPSA) is 0 Å². The van der Waals surface area contributed by atoms with Crippen molar-refractivity contribution in [2.45, 2.75) is 0 Å². The van der Waals surface area contributed by atoms with Crippen LogP contribution in [0.1, 0.15) is 0 Å². The minimum Gasteiger partial charge on any atom is -0.0762 e. The summed E-state index contributed by atoms with van der Waals surface area (Å²) in [5.74, 6) is 3.84. The number of fused-ring (bicyclic) bond motifs is 1. The second-order valence-corrected chi connectivity index (χ2v) is 13.4. The molecular weight excluding hydrogens is 571 g/mol. The fraction of sp³-hybridized carbons (Fsp3) is 0.0294. The van der Waals surface area contributed by atoms with Crippen LogP contribution in [0.2, 0.25) is 0 Å². The Bertz CT molecular complexity index is 1060. The minimum atomic E-state index is -0.409. The molecule has 0 nitrogen and oxygen atoms in total. The average Bonchev–Trinajstić information content (AvgIpc) is 3.45. The summed E-state index contributed by atoms with van der Waals surface area (Å²) in [5, 5.41) is 5.83. The molecule has 0 heterocycles. The van der Waals surface area contributed by atoms with Crippen LogP contribution in [-0.2, 0) is 19.5 Å². The molecule has 0 amide bonds. The largest absolute Gasteiger partial charge is 1.00 e. The monoisotopic (exact) mass is 601 g/mol. The van der Waals surface area contributed by atoms with Crippen molar-refractivity contribution in [1.82, 2.24) is 0 Å². The summed E-state index contributed by atoms with van der Waals surface area (Å²) < 4.78 is 0. The summed E-state index contributed by atoms with van der Waals surface area (Å²) in [6.07, 6.45) is 14.7. The zero-order valence-corrected chi connectivity index (χ0v) is 24.1. The van der Waals surface area contributed by atoms with Crippen LogP contribution in [0.3, 0.4) is 0 Å². The van der Waals surface area contributed by atoms with Crippen LogP contribution in [-0.4, -0.2) is 5.90 Å². The van der Waals surface area contributed by atoms with Gasteiger partial charge in [-0.05, 0) is 56.3 Å². The van der Waals surface area contributed by atoms with E-state index in [9.17, 15) is 0 Å².